The smallest absolute Gasteiger partial charge is 0.104 e. The van der Waals surface area contributed by atoms with Crippen LogP contribution in [0.25, 0.3) is 0 Å². The minimum atomic E-state index is -0.522. The van der Waals surface area contributed by atoms with Gasteiger partial charge in [-0.15, -0.1) is 0 Å². The molecule has 0 saturated carbocycles. The van der Waals surface area contributed by atoms with Gasteiger partial charge in [0.05, 0.1) is 0 Å². The first kappa shape index (κ1) is 12.8. The Hall–Kier alpha value is -1.60. The second-order valence-corrected chi connectivity index (χ2v) is 4.66. The molecule has 0 aliphatic heterocycles. The Morgan fingerprint density at radius 1 is 0.889 bits per heavy atom. The highest BCUT2D eigenvalue weighted by Crippen LogP contribution is 2.22. The Bertz CT molecular complexity index is 459. The summed E-state index contributed by atoms with van der Waals surface area (Å²) in [4.78, 5) is 0. The average Bonchev–Trinajstić information content (AvgIpc) is 2.46. The van der Waals surface area contributed by atoms with Crippen LogP contribution in [-0.2, 0) is 6.42 Å². The summed E-state index contributed by atoms with van der Waals surface area (Å²) in [6.45, 7) is 2.20. The van der Waals surface area contributed by atoms with Gasteiger partial charge in [-0.1, -0.05) is 67.9 Å². The molecule has 2 rings (SSSR count). The number of aliphatic hydroxyl groups is 1. The van der Waals surface area contributed by atoms with Gasteiger partial charge in [-0.2, -0.15) is 0 Å². The monoisotopic (exact) mass is 240 g/mol. The Balaban J connectivity index is 2.09. The fourth-order valence-electron chi connectivity index (χ4n) is 2.08. The molecule has 0 bridgehead atoms. The number of aliphatic hydroxyl groups excluding tert-OH is 1. The van der Waals surface area contributed by atoms with Crippen LogP contribution in [0.15, 0.2) is 54.6 Å². The maximum atomic E-state index is 10.3. The predicted octanol–water partition coefficient (Wildman–Crippen LogP) is 4.11. The van der Waals surface area contributed by atoms with Crippen molar-refractivity contribution in [2.24, 2.45) is 0 Å². The lowest BCUT2D eigenvalue weighted by Crippen LogP contribution is -1.99. The van der Waals surface area contributed by atoms with Crippen molar-refractivity contribution in [2.75, 3.05) is 0 Å². The molecular weight excluding hydrogens is 220 g/mol. The summed E-state index contributed by atoms with van der Waals surface area (Å²) >= 11 is 0. The zero-order valence-electron chi connectivity index (χ0n) is 10.8. The molecule has 0 heterocycles. The van der Waals surface area contributed by atoms with E-state index in [0.29, 0.717) is 0 Å². The van der Waals surface area contributed by atoms with E-state index in [-0.39, 0.29) is 0 Å². The molecule has 0 aromatic heterocycles. The van der Waals surface area contributed by atoms with Gasteiger partial charge in [-0.3, -0.25) is 0 Å². The Labute approximate surface area is 109 Å². The number of hydrogen-bond acceptors (Lipinski definition) is 1. The molecule has 1 N–H and O–H groups in total. The molecule has 0 spiro atoms. The summed E-state index contributed by atoms with van der Waals surface area (Å²) in [6, 6.07) is 18.1. The molecule has 1 heteroatoms. The Morgan fingerprint density at radius 3 is 2.11 bits per heavy atom. The van der Waals surface area contributed by atoms with Crippen LogP contribution < -0.4 is 0 Å². The SMILES string of the molecule is CCCCc1ccc(C(O)c2ccccc2)cc1. The molecule has 1 unspecified atom stereocenters. The molecule has 1 atom stereocenters. The molecule has 0 fully saturated rings. The number of aryl methyl sites for hydroxylation is 1. The summed E-state index contributed by atoms with van der Waals surface area (Å²) < 4.78 is 0. The molecule has 2 aromatic carbocycles. The van der Waals surface area contributed by atoms with Gasteiger partial charge in [-0.05, 0) is 29.5 Å². The lowest BCUT2D eigenvalue weighted by Gasteiger charge is -2.12. The van der Waals surface area contributed by atoms with E-state index in [9.17, 15) is 5.11 Å². The van der Waals surface area contributed by atoms with Crippen LogP contribution in [0.3, 0.4) is 0 Å². The fourth-order valence-corrected chi connectivity index (χ4v) is 2.08. The highest BCUT2D eigenvalue weighted by Gasteiger charge is 2.09. The Morgan fingerprint density at radius 2 is 1.50 bits per heavy atom. The fraction of sp³-hybridized carbons (Fsp3) is 0.294. The van der Waals surface area contributed by atoms with Gasteiger partial charge in [0.25, 0.3) is 0 Å². The standard InChI is InChI=1S/C17H20O/c1-2-3-7-14-10-12-16(13-11-14)17(18)15-8-5-4-6-9-15/h4-6,8-13,17-18H,2-3,7H2,1H3. The lowest BCUT2D eigenvalue weighted by molar-refractivity contribution is 0.220. The summed E-state index contributed by atoms with van der Waals surface area (Å²) in [5, 5.41) is 10.3. The summed E-state index contributed by atoms with van der Waals surface area (Å²) in [6.07, 6.45) is 3.04. The highest BCUT2D eigenvalue weighted by atomic mass is 16.3. The summed E-state index contributed by atoms with van der Waals surface area (Å²) in [7, 11) is 0. The van der Waals surface area contributed by atoms with E-state index in [1.165, 1.54) is 18.4 Å². The van der Waals surface area contributed by atoms with Crippen LogP contribution in [0.5, 0.6) is 0 Å². The van der Waals surface area contributed by atoms with E-state index < -0.39 is 6.10 Å². The molecular formula is C17H20O. The maximum Gasteiger partial charge on any atom is 0.104 e. The number of hydrogen-bond donors (Lipinski definition) is 1. The van der Waals surface area contributed by atoms with Gasteiger partial charge in [0, 0.05) is 0 Å². The van der Waals surface area contributed by atoms with Crippen molar-refractivity contribution in [3.8, 4) is 0 Å². The molecule has 2 aromatic rings. The van der Waals surface area contributed by atoms with Crippen molar-refractivity contribution < 1.29 is 5.11 Å². The normalized spacial score (nSPS) is 12.3. The zero-order chi connectivity index (χ0) is 12.8. The zero-order valence-corrected chi connectivity index (χ0v) is 10.8. The third-order valence-corrected chi connectivity index (χ3v) is 3.23. The van der Waals surface area contributed by atoms with Crippen LogP contribution >= 0.6 is 0 Å². The van der Waals surface area contributed by atoms with Gasteiger partial charge in [0.15, 0.2) is 0 Å². The molecule has 18 heavy (non-hydrogen) atoms. The van der Waals surface area contributed by atoms with E-state index in [1.807, 2.05) is 42.5 Å². The van der Waals surface area contributed by atoms with E-state index in [1.54, 1.807) is 0 Å². The minimum Gasteiger partial charge on any atom is -0.384 e. The van der Waals surface area contributed by atoms with Crippen molar-refractivity contribution in [3.05, 3.63) is 71.3 Å². The van der Waals surface area contributed by atoms with Crippen LogP contribution in [0.4, 0.5) is 0 Å². The van der Waals surface area contributed by atoms with Crippen molar-refractivity contribution in [1.82, 2.24) is 0 Å². The van der Waals surface area contributed by atoms with Crippen molar-refractivity contribution in [2.45, 2.75) is 32.3 Å². The molecule has 0 radical (unpaired) electrons. The Kier molecular flexibility index (Phi) is 4.54. The van der Waals surface area contributed by atoms with Crippen molar-refractivity contribution >= 4 is 0 Å². The van der Waals surface area contributed by atoms with Crippen LogP contribution in [-0.4, -0.2) is 5.11 Å². The first-order valence-corrected chi connectivity index (χ1v) is 6.63. The average molecular weight is 240 g/mol. The quantitative estimate of drug-likeness (QED) is 0.833. The topological polar surface area (TPSA) is 20.2 Å². The molecule has 94 valence electrons. The van der Waals surface area contributed by atoms with Crippen molar-refractivity contribution in [1.29, 1.82) is 0 Å². The van der Waals surface area contributed by atoms with Crippen LogP contribution in [0.2, 0.25) is 0 Å². The van der Waals surface area contributed by atoms with Crippen LogP contribution in [0.1, 0.15) is 42.6 Å². The number of rotatable bonds is 5. The molecule has 1 nitrogen and oxygen atoms in total. The van der Waals surface area contributed by atoms with Gasteiger partial charge >= 0.3 is 0 Å². The molecule has 0 aliphatic rings. The number of benzene rings is 2. The first-order chi connectivity index (χ1) is 8.81. The minimum absolute atomic E-state index is 0.522. The third kappa shape index (κ3) is 3.21. The first-order valence-electron chi connectivity index (χ1n) is 6.63. The maximum absolute atomic E-state index is 10.3. The summed E-state index contributed by atoms with van der Waals surface area (Å²) in [5.74, 6) is 0. The van der Waals surface area contributed by atoms with Gasteiger partial charge < -0.3 is 5.11 Å². The van der Waals surface area contributed by atoms with Gasteiger partial charge in [-0.25, -0.2) is 0 Å². The van der Waals surface area contributed by atoms with Gasteiger partial charge in [0.1, 0.15) is 6.10 Å². The van der Waals surface area contributed by atoms with E-state index >= 15 is 0 Å². The van der Waals surface area contributed by atoms with E-state index in [4.69, 9.17) is 0 Å². The third-order valence-electron chi connectivity index (χ3n) is 3.23. The highest BCUT2D eigenvalue weighted by molar-refractivity contribution is 5.31. The molecule has 0 aliphatic carbocycles. The molecule has 0 amide bonds. The predicted molar refractivity (Wildman–Crippen MR) is 75.6 cm³/mol. The largest absolute Gasteiger partial charge is 0.384 e. The van der Waals surface area contributed by atoms with Crippen LogP contribution in [0, 0.1) is 0 Å². The van der Waals surface area contributed by atoms with E-state index in [0.717, 1.165) is 17.5 Å². The second-order valence-electron chi connectivity index (χ2n) is 4.66. The van der Waals surface area contributed by atoms with Gasteiger partial charge in [0.2, 0.25) is 0 Å². The second kappa shape index (κ2) is 6.36. The van der Waals surface area contributed by atoms with Crippen molar-refractivity contribution in [3.63, 3.8) is 0 Å². The molecule has 0 saturated heterocycles. The lowest BCUT2D eigenvalue weighted by atomic mass is 9.99. The number of unbranched alkanes of at least 4 members (excludes halogenated alkanes) is 1. The summed E-state index contributed by atoms with van der Waals surface area (Å²) in [5.41, 5.74) is 3.25. The van der Waals surface area contributed by atoms with E-state index in [2.05, 4.69) is 19.1 Å².